The van der Waals surface area contributed by atoms with E-state index in [9.17, 15) is 18.0 Å². The van der Waals surface area contributed by atoms with Crippen LogP contribution in [0.5, 0.6) is 0 Å². The molecule has 1 unspecified atom stereocenters. The maximum absolute atomic E-state index is 13.1. The minimum Gasteiger partial charge on any atom is -0.466 e. The number of benzene rings is 3. The summed E-state index contributed by atoms with van der Waals surface area (Å²) in [4.78, 5) is 24.8. The van der Waals surface area contributed by atoms with Gasteiger partial charge in [0, 0.05) is 10.2 Å². The molecule has 0 spiro atoms. The maximum atomic E-state index is 13.1. The van der Waals surface area contributed by atoms with Crippen molar-refractivity contribution in [3.8, 4) is 0 Å². The predicted molar refractivity (Wildman–Crippen MR) is 134 cm³/mol. The van der Waals surface area contributed by atoms with Crippen molar-refractivity contribution in [3.63, 3.8) is 0 Å². The average molecular weight is 545 g/mol. The molecule has 3 aromatic carbocycles. The molecule has 0 radical (unpaired) electrons. The molecular weight excluding hydrogens is 520 g/mol. The number of sulfonamides is 1. The smallest absolute Gasteiger partial charge is 0.310 e. The van der Waals surface area contributed by atoms with Crippen LogP contribution in [-0.4, -0.2) is 32.9 Å². The van der Waals surface area contributed by atoms with Crippen LogP contribution in [0, 0.1) is 0 Å². The fourth-order valence-corrected chi connectivity index (χ4v) is 4.68. The Labute approximate surface area is 207 Å². The van der Waals surface area contributed by atoms with E-state index in [1.165, 1.54) is 12.1 Å². The lowest BCUT2D eigenvalue weighted by Crippen LogP contribution is -2.45. The van der Waals surface area contributed by atoms with E-state index >= 15 is 0 Å². The quantitative estimate of drug-likeness (QED) is 0.374. The van der Waals surface area contributed by atoms with Gasteiger partial charge in [-0.15, -0.1) is 0 Å². The standard InChI is InChI=1S/C25H25BrN2O5S/c1-2-33-24(29)17-19-8-12-21(13-9-19)27-25(30)23(16-18-6-4-3-5-7-18)28-34(31,32)22-14-10-20(26)11-15-22/h3-15,23,28H,2,16-17H2,1H3,(H,27,30). The molecule has 0 aliphatic carbocycles. The third-order valence-corrected chi connectivity index (χ3v) is 6.91. The van der Waals surface area contributed by atoms with Crippen LogP contribution < -0.4 is 10.0 Å². The Balaban J connectivity index is 1.76. The normalized spacial score (nSPS) is 12.1. The number of anilines is 1. The van der Waals surface area contributed by atoms with Crippen LogP contribution in [0.3, 0.4) is 0 Å². The van der Waals surface area contributed by atoms with Crippen LogP contribution >= 0.6 is 15.9 Å². The third-order valence-electron chi connectivity index (χ3n) is 4.90. The van der Waals surface area contributed by atoms with Crippen molar-refractivity contribution < 1.29 is 22.7 Å². The first kappa shape index (κ1) is 25.6. The second kappa shape index (κ2) is 11.9. The second-order valence-corrected chi connectivity index (χ2v) is 10.1. The van der Waals surface area contributed by atoms with Gasteiger partial charge in [0.15, 0.2) is 0 Å². The predicted octanol–water partition coefficient (Wildman–Crippen LogP) is 4.08. The first-order valence-electron chi connectivity index (χ1n) is 10.6. The molecule has 0 saturated heterocycles. The molecule has 0 heterocycles. The topological polar surface area (TPSA) is 102 Å². The molecule has 0 aromatic heterocycles. The second-order valence-electron chi connectivity index (χ2n) is 7.49. The van der Waals surface area contributed by atoms with Gasteiger partial charge in [-0.05, 0) is 60.9 Å². The van der Waals surface area contributed by atoms with Crippen LogP contribution in [-0.2, 0) is 37.2 Å². The zero-order valence-corrected chi connectivity index (χ0v) is 20.9. The lowest BCUT2D eigenvalue weighted by Gasteiger charge is -2.19. The Morgan fingerprint density at radius 2 is 1.56 bits per heavy atom. The lowest BCUT2D eigenvalue weighted by molar-refractivity contribution is -0.142. The average Bonchev–Trinajstić information content (AvgIpc) is 2.81. The van der Waals surface area contributed by atoms with E-state index in [1.807, 2.05) is 30.3 Å². The number of halogens is 1. The molecule has 2 N–H and O–H groups in total. The summed E-state index contributed by atoms with van der Waals surface area (Å²) < 4.78 is 34.1. The van der Waals surface area contributed by atoms with Crippen LogP contribution in [0.2, 0.25) is 0 Å². The van der Waals surface area contributed by atoms with Crippen molar-refractivity contribution in [2.24, 2.45) is 0 Å². The number of nitrogens with one attached hydrogen (secondary N) is 2. The highest BCUT2D eigenvalue weighted by molar-refractivity contribution is 9.10. The van der Waals surface area contributed by atoms with Crippen molar-refractivity contribution in [2.75, 3.05) is 11.9 Å². The van der Waals surface area contributed by atoms with Gasteiger partial charge in [0.25, 0.3) is 0 Å². The summed E-state index contributed by atoms with van der Waals surface area (Å²) in [6.07, 6.45) is 0.301. The van der Waals surface area contributed by atoms with Gasteiger partial charge in [0.05, 0.1) is 17.9 Å². The molecule has 1 atom stereocenters. The zero-order chi connectivity index (χ0) is 24.6. The number of hydrogen-bond acceptors (Lipinski definition) is 5. The van der Waals surface area contributed by atoms with E-state index in [4.69, 9.17) is 4.74 Å². The van der Waals surface area contributed by atoms with Crippen molar-refractivity contribution >= 4 is 43.5 Å². The molecule has 0 bridgehead atoms. The monoisotopic (exact) mass is 544 g/mol. The van der Waals surface area contributed by atoms with Gasteiger partial charge >= 0.3 is 5.97 Å². The van der Waals surface area contributed by atoms with Crippen LogP contribution in [0.4, 0.5) is 5.69 Å². The fraction of sp³-hybridized carbons (Fsp3) is 0.200. The van der Waals surface area contributed by atoms with Crippen LogP contribution in [0.1, 0.15) is 18.1 Å². The molecule has 7 nitrogen and oxygen atoms in total. The largest absolute Gasteiger partial charge is 0.466 e. The van der Waals surface area contributed by atoms with Gasteiger partial charge in [0.2, 0.25) is 15.9 Å². The third kappa shape index (κ3) is 7.51. The van der Waals surface area contributed by atoms with E-state index in [-0.39, 0.29) is 23.7 Å². The molecule has 1 amide bonds. The number of rotatable bonds is 10. The van der Waals surface area contributed by atoms with Crippen molar-refractivity contribution in [3.05, 3.63) is 94.5 Å². The Morgan fingerprint density at radius 3 is 2.18 bits per heavy atom. The lowest BCUT2D eigenvalue weighted by atomic mass is 10.1. The summed E-state index contributed by atoms with van der Waals surface area (Å²) >= 11 is 3.29. The van der Waals surface area contributed by atoms with E-state index in [1.54, 1.807) is 43.3 Å². The molecule has 34 heavy (non-hydrogen) atoms. The number of hydrogen-bond donors (Lipinski definition) is 2. The first-order chi connectivity index (χ1) is 16.3. The molecule has 0 aliphatic rings. The van der Waals surface area contributed by atoms with Gasteiger partial charge in [-0.2, -0.15) is 4.72 Å². The van der Waals surface area contributed by atoms with Gasteiger partial charge in [-0.1, -0.05) is 58.4 Å². The number of carbonyl (C=O) groups excluding carboxylic acids is 2. The van der Waals surface area contributed by atoms with E-state index in [0.717, 1.165) is 15.6 Å². The van der Waals surface area contributed by atoms with Gasteiger partial charge in [-0.3, -0.25) is 9.59 Å². The molecule has 0 fully saturated rings. The number of esters is 1. The van der Waals surface area contributed by atoms with Gasteiger partial charge in [-0.25, -0.2) is 8.42 Å². The van der Waals surface area contributed by atoms with Crippen LogP contribution in [0.15, 0.2) is 88.2 Å². The summed E-state index contributed by atoms with van der Waals surface area (Å²) in [6.45, 7) is 2.05. The SMILES string of the molecule is CCOC(=O)Cc1ccc(NC(=O)C(Cc2ccccc2)NS(=O)(=O)c2ccc(Br)cc2)cc1. The highest BCUT2D eigenvalue weighted by atomic mass is 79.9. The van der Waals surface area contributed by atoms with Crippen molar-refractivity contribution in [1.29, 1.82) is 0 Å². The number of carbonyl (C=O) groups is 2. The Kier molecular flexibility index (Phi) is 8.98. The van der Waals surface area contributed by atoms with E-state index < -0.39 is 22.0 Å². The molecule has 3 aromatic rings. The number of ether oxygens (including phenoxy) is 1. The summed E-state index contributed by atoms with van der Waals surface area (Å²) in [6, 6.07) is 21.1. The molecule has 0 aliphatic heterocycles. The summed E-state index contributed by atoms with van der Waals surface area (Å²) in [5.74, 6) is -0.827. The zero-order valence-electron chi connectivity index (χ0n) is 18.5. The highest BCUT2D eigenvalue weighted by Gasteiger charge is 2.26. The van der Waals surface area contributed by atoms with Gasteiger partial charge in [0.1, 0.15) is 6.04 Å². The Hall–Kier alpha value is -3.01. The summed E-state index contributed by atoms with van der Waals surface area (Å²) in [5, 5.41) is 2.76. The van der Waals surface area contributed by atoms with E-state index in [0.29, 0.717) is 12.3 Å². The first-order valence-corrected chi connectivity index (χ1v) is 12.9. The maximum Gasteiger partial charge on any atom is 0.310 e. The van der Waals surface area contributed by atoms with E-state index in [2.05, 4.69) is 26.0 Å². The summed E-state index contributed by atoms with van der Waals surface area (Å²) in [7, 11) is -3.94. The Bertz CT molecular complexity index is 1210. The van der Waals surface area contributed by atoms with Crippen molar-refractivity contribution in [1.82, 2.24) is 4.72 Å². The summed E-state index contributed by atoms with van der Waals surface area (Å²) in [5.41, 5.74) is 2.04. The minimum absolute atomic E-state index is 0.0601. The molecule has 0 saturated carbocycles. The Morgan fingerprint density at radius 1 is 0.912 bits per heavy atom. The minimum atomic E-state index is -3.94. The molecule has 3 rings (SSSR count). The van der Waals surface area contributed by atoms with Crippen molar-refractivity contribution in [2.45, 2.75) is 30.7 Å². The highest BCUT2D eigenvalue weighted by Crippen LogP contribution is 2.17. The van der Waals surface area contributed by atoms with Crippen LogP contribution in [0.25, 0.3) is 0 Å². The van der Waals surface area contributed by atoms with Gasteiger partial charge < -0.3 is 10.1 Å². The molecule has 178 valence electrons. The molecular formula is C25H25BrN2O5S. The number of amides is 1. The fourth-order valence-electron chi connectivity index (χ4n) is 3.22. The molecule has 9 heteroatoms.